The van der Waals surface area contributed by atoms with Crippen LogP contribution in [-0.4, -0.2) is 63.7 Å². The SMILES string of the molecule is C[C@@H](C1CC1)N1C(=O)C2(CC2)c2cnc(NC3CCN(S(=O)(=O)c4ncc[nH]4)CC3)nc21. The number of H-pyrrole nitrogens is 1. The number of nitrogens with zero attached hydrogens (tertiary/aromatic N) is 5. The van der Waals surface area contributed by atoms with Crippen molar-refractivity contribution in [3.63, 3.8) is 0 Å². The Bertz CT molecular complexity index is 1150. The van der Waals surface area contributed by atoms with Gasteiger partial charge in [-0.2, -0.15) is 9.29 Å². The van der Waals surface area contributed by atoms with E-state index in [1.165, 1.54) is 29.5 Å². The third-order valence-corrected chi connectivity index (χ3v) is 9.20. The Hall–Kier alpha value is -2.53. The number of aromatic amines is 1. The predicted molar refractivity (Wildman–Crippen MR) is 117 cm³/mol. The van der Waals surface area contributed by atoms with Gasteiger partial charge in [-0.3, -0.25) is 9.69 Å². The van der Waals surface area contributed by atoms with Crippen LogP contribution < -0.4 is 10.2 Å². The van der Waals surface area contributed by atoms with Crippen molar-refractivity contribution < 1.29 is 13.2 Å². The Morgan fingerprint density at radius 2 is 1.94 bits per heavy atom. The van der Waals surface area contributed by atoms with Gasteiger partial charge < -0.3 is 10.3 Å². The molecule has 170 valence electrons. The van der Waals surface area contributed by atoms with Crippen LogP contribution in [0.4, 0.5) is 11.8 Å². The number of fused-ring (bicyclic) bond motifs is 2. The minimum absolute atomic E-state index is 0.0191. The number of sulfonamides is 1. The van der Waals surface area contributed by atoms with E-state index >= 15 is 0 Å². The number of piperidine rings is 1. The van der Waals surface area contributed by atoms with Crippen molar-refractivity contribution in [3.05, 3.63) is 24.2 Å². The Balaban J connectivity index is 1.17. The number of hydrogen-bond donors (Lipinski definition) is 2. The zero-order valence-electron chi connectivity index (χ0n) is 18.0. The summed E-state index contributed by atoms with van der Waals surface area (Å²) in [6.45, 7) is 2.93. The topological polar surface area (TPSA) is 124 Å². The number of anilines is 2. The van der Waals surface area contributed by atoms with Gasteiger partial charge in [0.1, 0.15) is 5.82 Å². The quantitative estimate of drug-likeness (QED) is 0.676. The van der Waals surface area contributed by atoms with E-state index < -0.39 is 10.0 Å². The fourth-order valence-corrected chi connectivity index (χ4v) is 6.47. The number of amides is 1. The lowest BCUT2D eigenvalue weighted by molar-refractivity contribution is -0.120. The molecule has 2 aliphatic carbocycles. The van der Waals surface area contributed by atoms with Crippen LogP contribution in [0.3, 0.4) is 0 Å². The summed E-state index contributed by atoms with van der Waals surface area (Å²) in [6.07, 6.45) is 10.2. The molecule has 1 saturated heterocycles. The van der Waals surface area contributed by atoms with Crippen LogP contribution in [0.15, 0.2) is 23.7 Å². The molecule has 2 aromatic heterocycles. The highest BCUT2D eigenvalue weighted by molar-refractivity contribution is 7.88. The maximum atomic E-state index is 13.2. The molecule has 0 aromatic carbocycles. The van der Waals surface area contributed by atoms with E-state index in [0.29, 0.717) is 37.8 Å². The van der Waals surface area contributed by atoms with Gasteiger partial charge in [0.2, 0.25) is 17.0 Å². The van der Waals surface area contributed by atoms with E-state index in [9.17, 15) is 13.2 Å². The molecule has 1 amide bonds. The van der Waals surface area contributed by atoms with E-state index in [2.05, 4.69) is 27.2 Å². The first-order valence-electron chi connectivity index (χ1n) is 11.4. The Morgan fingerprint density at radius 3 is 2.56 bits per heavy atom. The minimum Gasteiger partial charge on any atom is -0.351 e. The minimum atomic E-state index is -3.59. The van der Waals surface area contributed by atoms with Crippen molar-refractivity contribution in [3.8, 4) is 0 Å². The van der Waals surface area contributed by atoms with Gasteiger partial charge in [0.15, 0.2) is 0 Å². The highest BCUT2D eigenvalue weighted by atomic mass is 32.2. The summed E-state index contributed by atoms with van der Waals surface area (Å²) in [5.74, 6) is 2.03. The van der Waals surface area contributed by atoms with Crippen LogP contribution in [0.2, 0.25) is 0 Å². The standard InChI is InChI=1S/C21H27N7O3S/c1-13(14-2-3-14)28-17-16(21(6-7-21)18(28)29)12-24-19(26-17)25-15-4-10-27(11-5-15)32(30,31)20-22-8-9-23-20/h8-9,12-15H,2-7,10-11H2,1H3,(H,22,23)(H,24,25,26)/t13-/m0/s1. The molecular weight excluding hydrogens is 430 g/mol. The smallest absolute Gasteiger partial charge is 0.276 e. The maximum absolute atomic E-state index is 13.2. The molecule has 1 atom stereocenters. The first kappa shape index (κ1) is 20.1. The number of carbonyl (C=O) groups excluding carboxylic acids is 1. The predicted octanol–water partition coefficient (Wildman–Crippen LogP) is 1.64. The molecule has 1 spiro atoms. The molecule has 32 heavy (non-hydrogen) atoms. The van der Waals surface area contributed by atoms with Gasteiger partial charge in [0.25, 0.3) is 10.0 Å². The van der Waals surface area contributed by atoms with Crippen LogP contribution in [0.1, 0.15) is 51.0 Å². The van der Waals surface area contributed by atoms with Crippen LogP contribution in [0, 0.1) is 5.92 Å². The molecule has 2 N–H and O–H groups in total. The zero-order chi connectivity index (χ0) is 22.1. The first-order chi connectivity index (χ1) is 15.4. The largest absolute Gasteiger partial charge is 0.351 e. The van der Waals surface area contributed by atoms with Gasteiger partial charge in [0, 0.05) is 49.3 Å². The summed E-state index contributed by atoms with van der Waals surface area (Å²) in [4.78, 5) is 31.0. The number of imidazole rings is 1. The molecule has 11 heteroatoms. The van der Waals surface area contributed by atoms with E-state index in [1.807, 2.05) is 11.1 Å². The lowest BCUT2D eigenvalue weighted by atomic mass is 10.0. The summed E-state index contributed by atoms with van der Waals surface area (Å²) in [5, 5.41) is 3.36. The number of rotatable bonds is 6. The summed E-state index contributed by atoms with van der Waals surface area (Å²) in [6, 6.07) is 0.233. The molecule has 2 saturated carbocycles. The fourth-order valence-electron chi connectivity index (χ4n) is 5.12. The molecule has 0 unspecified atom stereocenters. The highest BCUT2D eigenvalue weighted by Gasteiger charge is 2.61. The van der Waals surface area contributed by atoms with E-state index in [4.69, 9.17) is 4.98 Å². The summed E-state index contributed by atoms with van der Waals surface area (Å²) in [5.41, 5.74) is 0.586. The van der Waals surface area contributed by atoms with Crippen molar-refractivity contribution in [2.24, 2.45) is 5.92 Å². The van der Waals surface area contributed by atoms with Crippen LogP contribution in [0.5, 0.6) is 0 Å². The molecule has 6 rings (SSSR count). The normalized spacial score (nSPS) is 24.0. The second kappa shape index (κ2) is 6.98. The Kier molecular flexibility index (Phi) is 4.39. The van der Waals surface area contributed by atoms with Crippen LogP contribution in [-0.2, 0) is 20.2 Å². The van der Waals surface area contributed by atoms with Gasteiger partial charge >= 0.3 is 0 Å². The van der Waals surface area contributed by atoms with Crippen molar-refractivity contribution in [2.75, 3.05) is 23.3 Å². The average Bonchev–Trinajstić information content (AvgIpc) is 3.70. The first-order valence-corrected chi connectivity index (χ1v) is 12.8. The average molecular weight is 458 g/mol. The number of hydrogen-bond acceptors (Lipinski definition) is 7. The molecule has 3 fully saturated rings. The molecule has 0 radical (unpaired) electrons. The Morgan fingerprint density at radius 1 is 1.19 bits per heavy atom. The van der Waals surface area contributed by atoms with E-state index in [1.54, 1.807) is 0 Å². The lowest BCUT2D eigenvalue weighted by Crippen LogP contribution is -2.43. The second-order valence-electron chi connectivity index (χ2n) is 9.48. The fraction of sp³-hybridized carbons (Fsp3) is 0.619. The maximum Gasteiger partial charge on any atom is 0.276 e. The molecular formula is C21H27N7O3S. The molecule has 2 aromatic rings. The molecule has 4 aliphatic rings. The third kappa shape index (κ3) is 3.05. The van der Waals surface area contributed by atoms with Gasteiger partial charge in [-0.1, -0.05) is 0 Å². The summed E-state index contributed by atoms with van der Waals surface area (Å²) < 4.78 is 26.8. The molecule has 0 bridgehead atoms. The Labute approximate surface area is 186 Å². The molecule has 2 aliphatic heterocycles. The van der Waals surface area contributed by atoms with Crippen molar-refractivity contribution in [1.29, 1.82) is 0 Å². The van der Waals surface area contributed by atoms with E-state index in [-0.39, 0.29) is 28.6 Å². The zero-order valence-corrected chi connectivity index (χ0v) is 18.8. The lowest BCUT2D eigenvalue weighted by Gasteiger charge is -2.31. The molecule has 10 nitrogen and oxygen atoms in total. The number of carbonyl (C=O) groups is 1. The van der Waals surface area contributed by atoms with E-state index in [0.717, 1.165) is 24.2 Å². The van der Waals surface area contributed by atoms with Gasteiger partial charge in [-0.15, -0.1) is 0 Å². The highest BCUT2D eigenvalue weighted by Crippen LogP contribution is 2.58. The van der Waals surface area contributed by atoms with Crippen molar-refractivity contribution in [1.82, 2.24) is 24.2 Å². The summed E-state index contributed by atoms with van der Waals surface area (Å²) in [7, 11) is -3.59. The van der Waals surface area contributed by atoms with Crippen LogP contribution >= 0.6 is 0 Å². The number of aromatic nitrogens is 4. The number of nitrogens with one attached hydrogen (secondary N) is 2. The van der Waals surface area contributed by atoms with Gasteiger partial charge in [-0.05, 0) is 51.4 Å². The third-order valence-electron chi connectivity index (χ3n) is 7.45. The van der Waals surface area contributed by atoms with Gasteiger partial charge in [-0.25, -0.2) is 18.4 Å². The monoisotopic (exact) mass is 457 g/mol. The second-order valence-corrected chi connectivity index (χ2v) is 11.3. The summed E-state index contributed by atoms with van der Waals surface area (Å²) >= 11 is 0. The van der Waals surface area contributed by atoms with Crippen LogP contribution in [0.25, 0.3) is 0 Å². The van der Waals surface area contributed by atoms with Gasteiger partial charge in [0.05, 0.1) is 5.41 Å². The van der Waals surface area contributed by atoms with Crippen molar-refractivity contribution >= 4 is 27.7 Å². The van der Waals surface area contributed by atoms with Crippen molar-refractivity contribution in [2.45, 2.75) is 68.1 Å². The molecule has 4 heterocycles.